The molecule has 3 heterocycles. The number of rotatable bonds is 3. The summed E-state index contributed by atoms with van der Waals surface area (Å²) in [7, 11) is 0. The summed E-state index contributed by atoms with van der Waals surface area (Å²) < 4.78 is 5.12. The van der Waals surface area contributed by atoms with E-state index in [4.69, 9.17) is 39.2 Å². The van der Waals surface area contributed by atoms with Crippen LogP contribution in [0.1, 0.15) is 28.0 Å². The van der Waals surface area contributed by atoms with E-state index in [1.165, 1.54) is 6.26 Å². The van der Waals surface area contributed by atoms with Crippen LogP contribution in [0.2, 0.25) is 10.0 Å². The Hall–Kier alpha value is -2.84. The Morgan fingerprint density at radius 1 is 1.23 bits per heavy atom. The summed E-state index contributed by atoms with van der Waals surface area (Å²) in [6.07, 6.45) is 2.36. The maximum Gasteiger partial charge on any atom is 0.254 e. The molecule has 0 fully saturated rings. The first-order valence-corrected chi connectivity index (χ1v) is 10.1. The smallest absolute Gasteiger partial charge is 0.254 e. The first-order chi connectivity index (χ1) is 14.3. The monoisotopic (exact) mass is 447 g/mol. The molecular formula is C20H19Cl2N5O3. The summed E-state index contributed by atoms with van der Waals surface area (Å²) in [5, 5.41) is 4.76. The molecule has 4 rings (SSSR count). The highest BCUT2D eigenvalue weighted by Crippen LogP contribution is 2.27. The normalized spacial score (nSPS) is 19.2. The Kier molecular flexibility index (Phi) is 5.53. The molecule has 1 atom stereocenters. The van der Waals surface area contributed by atoms with Crippen molar-refractivity contribution >= 4 is 40.7 Å². The van der Waals surface area contributed by atoms with Gasteiger partial charge in [0.25, 0.3) is 5.91 Å². The van der Waals surface area contributed by atoms with E-state index < -0.39 is 11.8 Å². The van der Waals surface area contributed by atoms with Crippen molar-refractivity contribution in [3.63, 3.8) is 0 Å². The van der Waals surface area contributed by atoms with Crippen LogP contribution in [0, 0.1) is 5.92 Å². The number of nitrogens with zero attached hydrogens (tertiary/aromatic N) is 3. The molecule has 1 aromatic heterocycles. The molecule has 2 amide bonds. The van der Waals surface area contributed by atoms with Gasteiger partial charge in [0.1, 0.15) is 12.0 Å². The van der Waals surface area contributed by atoms with Gasteiger partial charge in [-0.1, -0.05) is 28.4 Å². The van der Waals surface area contributed by atoms with Crippen molar-refractivity contribution in [1.29, 1.82) is 0 Å². The lowest BCUT2D eigenvalue weighted by Gasteiger charge is -2.30. The van der Waals surface area contributed by atoms with Gasteiger partial charge in [0.2, 0.25) is 5.91 Å². The molecule has 0 saturated carbocycles. The van der Waals surface area contributed by atoms with Gasteiger partial charge < -0.3 is 20.9 Å². The molecule has 0 bridgehead atoms. The van der Waals surface area contributed by atoms with Gasteiger partial charge in [-0.05, 0) is 24.6 Å². The molecule has 4 N–H and O–H groups in total. The second-order valence-electron chi connectivity index (χ2n) is 7.29. The van der Waals surface area contributed by atoms with E-state index in [1.54, 1.807) is 23.1 Å². The fourth-order valence-electron chi connectivity index (χ4n) is 3.62. The predicted molar refractivity (Wildman–Crippen MR) is 112 cm³/mol. The quantitative estimate of drug-likeness (QED) is 0.744. The molecule has 0 spiro atoms. The highest BCUT2D eigenvalue weighted by molar-refractivity contribution is 6.42. The second kappa shape index (κ2) is 8.12. The number of hydrogen-bond donors (Lipinski definition) is 2. The number of aromatic nitrogens is 1. The van der Waals surface area contributed by atoms with Crippen LogP contribution in [-0.2, 0) is 11.2 Å². The van der Waals surface area contributed by atoms with E-state index in [0.29, 0.717) is 57.7 Å². The van der Waals surface area contributed by atoms with Gasteiger partial charge in [-0.15, -0.1) is 0 Å². The zero-order valence-electron chi connectivity index (χ0n) is 15.9. The summed E-state index contributed by atoms with van der Waals surface area (Å²) in [6.45, 7) is 0.924. The van der Waals surface area contributed by atoms with Crippen molar-refractivity contribution in [1.82, 2.24) is 10.1 Å². The van der Waals surface area contributed by atoms with E-state index >= 15 is 0 Å². The molecule has 156 valence electrons. The molecule has 0 radical (unpaired) electrons. The molecule has 30 heavy (non-hydrogen) atoms. The SMILES string of the molecule is NC(=O)C1CN=C(C2=C(N)CCN(C(=O)c3ccc(Cl)c(Cl)c3)C2)c2nocc2C1. The van der Waals surface area contributed by atoms with Gasteiger partial charge >= 0.3 is 0 Å². The highest BCUT2D eigenvalue weighted by atomic mass is 35.5. The van der Waals surface area contributed by atoms with Crippen LogP contribution >= 0.6 is 23.2 Å². The average Bonchev–Trinajstić information content (AvgIpc) is 3.10. The Bertz CT molecular complexity index is 1090. The number of benzene rings is 1. The highest BCUT2D eigenvalue weighted by Gasteiger charge is 2.31. The van der Waals surface area contributed by atoms with E-state index in [0.717, 1.165) is 5.56 Å². The van der Waals surface area contributed by atoms with Gasteiger partial charge in [0.05, 0.1) is 28.2 Å². The third-order valence-electron chi connectivity index (χ3n) is 5.33. The summed E-state index contributed by atoms with van der Waals surface area (Å²) in [5.74, 6) is -1.09. The molecule has 1 unspecified atom stereocenters. The molecule has 0 aliphatic carbocycles. The molecule has 2 aliphatic rings. The fourth-order valence-corrected chi connectivity index (χ4v) is 3.92. The standard InChI is InChI=1S/C20H19Cl2N5O3/c21-14-2-1-10(6-15(14)22)20(29)27-4-3-16(23)13(8-27)18-17-12(9-30-26-17)5-11(7-25-18)19(24)28/h1-2,6,9,11H,3-5,7-8,23H2,(H2,24,28). The summed E-state index contributed by atoms with van der Waals surface area (Å²) in [6, 6.07) is 4.77. The van der Waals surface area contributed by atoms with E-state index in [1.807, 2.05) is 0 Å². The predicted octanol–water partition coefficient (Wildman–Crippen LogP) is 2.19. The van der Waals surface area contributed by atoms with Crippen molar-refractivity contribution < 1.29 is 14.1 Å². The van der Waals surface area contributed by atoms with E-state index in [-0.39, 0.29) is 19.0 Å². The minimum absolute atomic E-state index is 0.192. The number of hydrogen-bond acceptors (Lipinski definition) is 6. The minimum Gasteiger partial charge on any atom is -0.402 e. The molecular weight excluding hydrogens is 429 g/mol. The molecule has 0 saturated heterocycles. The third-order valence-corrected chi connectivity index (χ3v) is 6.07. The molecule has 1 aromatic carbocycles. The van der Waals surface area contributed by atoms with Crippen LogP contribution in [0.3, 0.4) is 0 Å². The number of fused-ring (bicyclic) bond motifs is 1. The van der Waals surface area contributed by atoms with Gasteiger partial charge in [-0.3, -0.25) is 14.6 Å². The average molecular weight is 448 g/mol. The number of aliphatic imine (C=N–C) groups is 1. The van der Waals surface area contributed by atoms with Crippen LogP contribution in [0.4, 0.5) is 0 Å². The number of amides is 2. The topological polar surface area (TPSA) is 128 Å². The minimum atomic E-state index is -0.458. The van der Waals surface area contributed by atoms with Crippen LogP contribution in [0.5, 0.6) is 0 Å². The van der Waals surface area contributed by atoms with E-state index in [9.17, 15) is 9.59 Å². The fraction of sp³-hybridized carbons (Fsp3) is 0.300. The van der Waals surface area contributed by atoms with Gasteiger partial charge in [-0.25, -0.2) is 0 Å². The zero-order valence-corrected chi connectivity index (χ0v) is 17.4. The number of primary amides is 1. The Morgan fingerprint density at radius 2 is 2.03 bits per heavy atom. The zero-order chi connectivity index (χ0) is 21.4. The van der Waals surface area contributed by atoms with Crippen LogP contribution in [0.15, 0.2) is 45.2 Å². The lowest BCUT2D eigenvalue weighted by molar-refractivity contribution is -0.121. The molecule has 2 aromatic rings. The van der Waals surface area contributed by atoms with Crippen LogP contribution < -0.4 is 11.5 Å². The Morgan fingerprint density at radius 3 is 2.77 bits per heavy atom. The number of halogens is 2. The maximum absolute atomic E-state index is 13.0. The number of carbonyl (C=O) groups is 2. The third kappa shape index (κ3) is 3.80. The second-order valence-corrected chi connectivity index (χ2v) is 8.10. The van der Waals surface area contributed by atoms with Gasteiger partial charge in [0.15, 0.2) is 0 Å². The Balaban J connectivity index is 1.65. The lowest BCUT2D eigenvalue weighted by Crippen LogP contribution is -2.40. The van der Waals surface area contributed by atoms with Crippen molar-refractivity contribution in [3.05, 3.63) is 62.6 Å². The molecule has 10 heteroatoms. The van der Waals surface area contributed by atoms with Crippen molar-refractivity contribution in [2.45, 2.75) is 12.8 Å². The largest absolute Gasteiger partial charge is 0.402 e. The molecule has 8 nitrogen and oxygen atoms in total. The van der Waals surface area contributed by atoms with Crippen molar-refractivity contribution in [2.24, 2.45) is 22.4 Å². The molecule has 2 aliphatic heterocycles. The van der Waals surface area contributed by atoms with E-state index in [2.05, 4.69) is 10.1 Å². The van der Waals surface area contributed by atoms with Gasteiger partial charge in [0, 0.05) is 41.9 Å². The first-order valence-electron chi connectivity index (χ1n) is 9.34. The lowest BCUT2D eigenvalue weighted by atomic mass is 9.95. The number of carbonyl (C=O) groups excluding carboxylic acids is 2. The van der Waals surface area contributed by atoms with Gasteiger partial charge in [-0.2, -0.15) is 0 Å². The Labute approximate surface area is 182 Å². The maximum atomic E-state index is 13.0. The number of nitrogens with two attached hydrogens (primary N) is 2. The van der Waals surface area contributed by atoms with Crippen molar-refractivity contribution in [3.8, 4) is 0 Å². The van der Waals surface area contributed by atoms with Crippen LogP contribution in [-0.4, -0.2) is 47.2 Å². The summed E-state index contributed by atoms with van der Waals surface area (Å²) in [5.41, 5.74) is 15.3. The van der Waals surface area contributed by atoms with Crippen LogP contribution in [0.25, 0.3) is 0 Å². The summed E-state index contributed by atoms with van der Waals surface area (Å²) >= 11 is 12.0. The summed E-state index contributed by atoms with van der Waals surface area (Å²) in [4.78, 5) is 31.0. The first kappa shape index (κ1) is 20.4. The van der Waals surface area contributed by atoms with Crippen molar-refractivity contribution in [2.75, 3.05) is 19.6 Å².